The van der Waals surface area contributed by atoms with Gasteiger partial charge in [-0.15, -0.1) is 0 Å². The Morgan fingerprint density at radius 2 is 1.02 bits per heavy atom. The second-order valence-electron chi connectivity index (χ2n) is 7.98. The standard InChI is InChI=1S/C9H17OS2.C8HF17O3S/c1-2-3-9(10)8-12-6-4-11-5-7-12;9-1(10,3(13,14)5(17,18)7(21,22)23)2(11,12)4(15,16)6(19,20)8(24,25)29(26,27)28/h2-8H2,1H3;(H,26,27,28)/q+1;/p-1. The second-order valence-corrected chi connectivity index (χ2v) is 13.0. The van der Waals surface area contributed by atoms with E-state index in [1.807, 2.05) is 11.8 Å². The van der Waals surface area contributed by atoms with Crippen LogP contribution in [0.1, 0.15) is 19.8 Å². The molecule has 24 heteroatoms. The average Bonchev–Trinajstić information content (AvgIpc) is 2.78. The highest BCUT2D eigenvalue weighted by Crippen LogP contribution is 2.64. The van der Waals surface area contributed by atoms with Gasteiger partial charge in [-0.25, -0.2) is 8.42 Å². The van der Waals surface area contributed by atoms with Gasteiger partial charge < -0.3 is 4.55 Å². The number of carbonyl (C=O) groups is 1. The van der Waals surface area contributed by atoms with E-state index in [0.717, 1.165) is 18.6 Å². The Kier molecular flexibility index (Phi) is 12.3. The summed E-state index contributed by atoms with van der Waals surface area (Å²) in [5.41, 5.74) is 0. The smallest absolute Gasteiger partial charge is 0.460 e. The van der Waals surface area contributed by atoms with Crippen LogP contribution in [0.4, 0.5) is 74.6 Å². The van der Waals surface area contributed by atoms with Crippen molar-refractivity contribution in [2.24, 2.45) is 0 Å². The Bertz CT molecular complexity index is 1010. The summed E-state index contributed by atoms with van der Waals surface area (Å²) in [7, 11) is -7.69. The molecule has 1 aliphatic heterocycles. The van der Waals surface area contributed by atoms with Crippen molar-refractivity contribution < 1.29 is 92.4 Å². The highest BCUT2D eigenvalue weighted by Gasteiger charge is 2.95. The number of alkyl halides is 17. The third kappa shape index (κ3) is 7.26. The van der Waals surface area contributed by atoms with E-state index >= 15 is 0 Å². The molecule has 0 spiro atoms. The van der Waals surface area contributed by atoms with Crippen LogP contribution in [0.2, 0.25) is 0 Å². The van der Waals surface area contributed by atoms with E-state index in [4.69, 9.17) is 0 Å². The van der Waals surface area contributed by atoms with Crippen LogP contribution in [0, 0.1) is 0 Å². The summed E-state index contributed by atoms with van der Waals surface area (Å²) in [5, 5.41) is -7.95. The number of halogens is 17. The first-order chi connectivity index (χ1) is 17.8. The number of ketones is 1. The lowest BCUT2D eigenvalue weighted by Crippen LogP contribution is -2.75. The number of hydrogen-bond donors (Lipinski definition) is 0. The molecular formula is C17H17F17O4S3. The molecule has 0 aromatic carbocycles. The number of Topliss-reactive ketones (excluding diaryl/α,β-unsaturated/α-hetero) is 1. The number of carbonyl (C=O) groups excluding carboxylic acids is 1. The van der Waals surface area contributed by atoms with E-state index in [9.17, 15) is 92.4 Å². The van der Waals surface area contributed by atoms with Crippen molar-refractivity contribution in [3.63, 3.8) is 0 Å². The predicted molar refractivity (Wildman–Crippen MR) is 110 cm³/mol. The molecule has 0 aromatic rings. The second kappa shape index (κ2) is 12.6. The Labute approximate surface area is 226 Å². The third-order valence-corrected chi connectivity index (χ3v) is 9.61. The maximum absolute atomic E-state index is 13.0. The zero-order valence-corrected chi connectivity index (χ0v) is 22.2. The lowest BCUT2D eigenvalue weighted by atomic mass is 9.91. The van der Waals surface area contributed by atoms with Gasteiger partial charge in [0.25, 0.3) is 0 Å². The minimum Gasteiger partial charge on any atom is -0.743 e. The van der Waals surface area contributed by atoms with Gasteiger partial charge in [0.1, 0.15) is 11.5 Å². The van der Waals surface area contributed by atoms with Crippen LogP contribution in [-0.2, 0) is 25.8 Å². The highest BCUT2D eigenvalue weighted by atomic mass is 32.2. The molecule has 41 heavy (non-hydrogen) atoms. The molecule has 0 atom stereocenters. The van der Waals surface area contributed by atoms with Gasteiger partial charge in [-0.1, -0.05) is 6.92 Å². The lowest BCUT2D eigenvalue weighted by Gasteiger charge is -2.42. The minimum absolute atomic E-state index is 0.453. The molecule has 0 saturated carbocycles. The zero-order valence-electron chi connectivity index (χ0n) is 19.7. The first-order valence-corrected chi connectivity index (χ1v) is 14.5. The van der Waals surface area contributed by atoms with E-state index in [0.29, 0.717) is 16.7 Å². The van der Waals surface area contributed by atoms with Gasteiger partial charge in [-0.2, -0.15) is 86.4 Å². The van der Waals surface area contributed by atoms with Crippen LogP contribution in [0.5, 0.6) is 0 Å². The molecule has 0 aromatic heterocycles. The summed E-state index contributed by atoms with van der Waals surface area (Å²) in [6.45, 7) is 2.08. The summed E-state index contributed by atoms with van der Waals surface area (Å²) in [4.78, 5) is 11.3. The molecule has 0 N–H and O–H groups in total. The summed E-state index contributed by atoms with van der Waals surface area (Å²) in [5.74, 6) is -45.6. The average molecular weight is 704 g/mol. The fourth-order valence-corrected chi connectivity index (χ4v) is 7.15. The molecule has 1 saturated heterocycles. The molecule has 0 radical (unpaired) electrons. The summed E-state index contributed by atoms with van der Waals surface area (Å²) in [6, 6.07) is 0. The van der Waals surface area contributed by atoms with Gasteiger partial charge in [-0.05, 0) is 17.3 Å². The van der Waals surface area contributed by atoms with E-state index < -0.39 is 57.1 Å². The first kappa shape index (κ1) is 40.1. The van der Waals surface area contributed by atoms with Crippen LogP contribution < -0.4 is 0 Å². The van der Waals surface area contributed by atoms with Crippen LogP contribution in [-0.4, -0.2) is 94.5 Å². The normalized spacial score (nSPS) is 17.6. The molecule has 246 valence electrons. The Morgan fingerprint density at radius 1 is 0.683 bits per heavy atom. The van der Waals surface area contributed by atoms with Crippen molar-refractivity contribution in [1.29, 1.82) is 0 Å². The van der Waals surface area contributed by atoms with Crippen LogP contribution in [0.15, 0.2) is 0 Å². The Hall–Kier alpha value is -0.910. The maximum atomic E-state index is 13.0. The SMILES string of the molecule is CCCC(=O)C[S+]1CCSCC1.O=S(=O)([O-])C(F)(F)C(F)(F)C(F)(F)C(F)(F)C(F)(F)C(F)(F)C(F)(F)C(F)(F)F. The summed E-state index contributed by atoms with van der Waals surface area (Å²) < 4.78 is 244. The van der Waals surface area contributed by atoms with Gasteiger partial charge in [0.15, 0.2) is 21.7 Å². The molecule has 4 nitrogen and oxygen atoms in total. The monoisotopic (exact) mass is 704 g/mol. The van der Waals surface area contributed by atoms with E-state index in [-0.39, 0.29) is 0 Å². The summed E-state index contributed by atoms with van der Waals surface area (Å²) in [6.07, 6.45) is -6.07. The van der Waals surface area contributed by atoms with Crippen LogP contribution >= 0.6 is 11.8 Å². The van der Waals surface area contributed by atoms with Crippen molar-refractivity contribution in [2.75, 3.05) is 28.8 Å². The van der Waals surface area contributed by atoms with E-state index in [1.165, 1.54) is 23.0 Å². The van der Waals surface area contributed by atoms with Gasteiger partial charge in [0, 0.05) is 17.9 Å². The summed E-state index contributed by atoms with van der Waals surface area (Å²) >= 11 is 2.03. The number of hydrogen-bond acceptors (Lipinski definition) is 5. The van der Waals surface area contributed by atoms with Gasteiger partial charge in [0.05, 0.1) is 0 Å². The van der Waals surface area contributed by atoms with Crippen molar-refractivity contribution in [2.45, 2.75) is 66.7 Å². The van der Waals surface area contributed by atoms with Crippen molar-refractivity contribution in [1.82, 2.24) is 0 Å². The topological polar surface area (TPSA) is 74.3 Å². The molecule has 1 aliphatic rings. The van der Waals surface area contributed by atoms with Gasteiger partial charge >= 0.3 is 47.0 Å². The van der Waals surface area contributed by atoms with E-state index in [1.54, 1.807) is 0 Å². The highest BCUT2D eigenvalue weighted by molar-refractivity contribution is 8.05. The predicted octanol–water partition coefficient (Wildman–Crippen LogP) is 6.22. The molecule has 1 rings (SSSR count). The van der Waals surface area contributed by atoms with Crippen LogP contribution in [0.25, 0.3) is 0 Å². The van der Waals surface area contributed by atoms with Crippen molar-refractivity contribution in [3.05, 3.63) is 0 Å². The van der Waals surface area contributed by atoms with Crippen LogP contribution in [0.3, 0.4) is 0 Å². The third-order valence-electron chi connectivity index (χ3n) is 4.93. The molecule has 0 aliphatic carbocycles. The molecule has 0 amide bonds. The Balaban J connectivity index is 0.00000110. The zero-order chi connectivity index (χ0) is 33.3. The van der Waals surface area contributed by atoms with Gasteiger partial charge in [0.2, 0.25) is 0 Å². The fraction of sp³-hybridized carbons (Fsp3) is 0.941. The molecular weight excluding hydrogens is 687 g/mol. The van der Waals surface area contributed by atoms with Crippen molar-refractivity contribution >= 4 is 38.6 Å². The van der Waals surface area contributed by atoms with Gasteiger partial charge in [-0.3, -0.25) is 4.79 Å². The van der Waals surface area contributed by atoms with E-state index in [2.05, 4.69) is 6.92 Å². The quantitative estimate of drug-likeness (QED) is 0.145. The number of thioether (sulfide) groups is 1. The molecule has 0 bridgehead atoms. The Morgan fingerprint density at radius 3 is 1.34 bits per heavy atom. The fourth-order valence-electron chi connectivity index (χ4n) is 2.59. The molecule has 0 unspecified atom stereocenters. The van der Waals surface area contributed by atoms with Crippen molar-refractivity contribution in [3.8, 4) is 0 Å². The lowest BCUT2D eigenvalue weighted by molar-refractivity contribution is -0.458. The minimum atomic E-state index is -8.92. The molecule has 1 heterocycles. The maximum Gasteiger partial charge on any atom is 0.460 e. The molecule has 1 fully saturated rings. The number of rotatable bonds is 11. The first-order valence-electron chi connectivity index (χ1n) is 10.2. The largest absolute Gasteiger partial charge is 0.743 e.